The van der Waals surface area contributed by atoms with Crippen LogP contribution in [0.2, 0.25) is 0 Å². The number of rotatable bonds is 7. The minimum atomic E-state index is -0.999. The second kappa shape index (κ2) is 5.40. The van der Waals surface area contributed by atoms with Crippen LogP contribution in [0, 0.1) is 0 Å². The molecule has 1 aromatic heterocycles. The van der Waals surface area contributed by atoms with Gasteiger partial charge < -0.3 is 5.11 Å². The van der Waals surface area contributed by atoms with Gasteiger partial charge in [-0.1, -0.05) is 0 Å². The first-order valence-corrected chi connectivity index (χ1v) is 7.49. The van der Waals surface area contributed by atoms with E-state index in [-0.39, 0.29) is 0 Å². The number of nitrogens with zero attached hydrogens (tertiary/aromatic N) is 3. The quantitative estimate of drug-likeness (QED) is 0.783. The molecule has 0 saturated heterocycles. The third-order valence-electron chi connectivity index (χ3n) is 3.62. The summed E-state index contributed by atoms with van der Waals surface area (Å²) in [5.41, 5.74) is -0.999. The lowest BCUT2D eigenvalue weighted by Gasteiger charge is -2.33. The van der Waals surface area contributed by atoms with Gasteiger partial charge >= 0.3 is 0 Å². The Kier molecular flexibility index (Phi) is 4.36. The zero-order valence-electron chi connectivity index (χ0n) is 10.8. The summed E-state index contributed by atoms with van der Waals surface area (Å²) in [5.74, 6) is 0. The highest BCUT2D eigenvalue weighted by atomic mass is 35.5. The van der Waals surface area contributed by atoms with Gasteiger partial charge in [-0.15, -0.1) is 34.8 Å². The van der Waals surface area contributed by atoms with Crippen molar-refractivity contribution in [1.82, 2.24) is 14.8 Å². The number of aromatic nitrogens is 3. The lowest BCUT2D eigenvalue weighted by atomic mass is 9.90. The van der Waals surface area contributed by atoms with Crippen molar-refractivity contribution >= 4 is 34.8 Å². The van der Waals surface area contributed by atoms with Crippen LogP contribution >= 0.6 is 34.8 Å². The fourth-order valence-corrected chi connectivity index (χ4v) is 2.81. The van der Waals surface area contributed by atoms with E-state index in [1.807, 2.05) is 0 Å². The van der Waals surface area contributed by atoms with E-state index >= 15 is 0 Å². The van der Waals surface area contributed by atoms with E-state index < -0.39 is 14.8 Å². The highest BCUT2D eigenvalue weighted by Crippen LogP contribution is 2.53. The molecular formula is C12H18Cl3N3O. The van der Waals surface area contributed by atoms with Crippen molar-refractivity contribution < 1.29 is 5.11 Å². The fourth-order valence-electron chi connectivity index (χ4n) is 2.29. The number of alkyl halides is 3. The molecule has 1 fully saturated rings. The molecule has 0 radical (unpaired) electrons. The number of halogens is 3. The van der Waals surface area contributed by atoms with Gasteiger partial charge in [0.15, 0.2) is 0 Å². The van der Waals surface area contributed by atoms with Crippen molar-refractivity contribution in [3.63, 3.8) is 0 Å². The maximum atomic E-state index is 10.9. The molecule has 0 unspecified atom stereocenters. The maximum absolute atomic E-state index is 10.9. The van der Waals surface area contributed by atoms with Gasteiger partial charge in [0.2, 0.25) is 0 Å². The predicted molar refractivity (Wildman–Crippen MR) is 76.8 cm³/mol. The van der Waals surface area contributed by atoms with Crippen LogP contribution < -0.4 is 0 Å². The van der Waals surface area contributed by atoms with Gasteiger partial charge in [-0.25, -0.2) is 4.98 Å². The van der Waals surface area contributed by atoms with Crippen LogP contribution in [0.3, 0.4) is 0 Å². The van der Waals surface area contributed by atoms with E-state index in [2.05, 4.69) is 10.1 Å². The number of hydrogen-bond donors (Lipinski definition) is 1. The van der Waals surface area contributed by atoms with Crippen LogP contribution in [-0.2, 0) is 6.54 Å². The Morgan fingerprint density at radius 1 is 1.37 bits per heavy atom. The first kappa shape index (κ1) is 15.4. The van der Waals surface area contributed by atoms with Crippen molar-refractivity contribution in [3.8, 4) is 0 Å². The summed E-state index contributed by atoms with van der Waals surface area (Å²) < 4.78 is 0.847. The monoisotopic (exact) mass is 325 g/mol. The molecule has 0 spiro atoms. The van der Waals surface area contributed by atoms with E-state index in [1.165, 1.54) is 6.33 Å². The number of hydrogen-bond acceptors (Lipinski definition) is 3. The van der Waals surface area contributed by atoms with Crippen molar-refractivity contribution in [2.75, 3.05) is 0 Å². The van der Waals surface area contributed by atoms with Crippen LogP contribution in [0.4, 0.5) is 0 Å². The average Bonchev–Trinajstić information content (AvgIpc) is 2.85. The molecule has 0 aromatic carbocycles. The molecule has 1 atom stereocenters. The zero-order chi connectivity index (χ0) is 14.1. The van der Waals surface area contributed by atoms with Gasteiger partial charge in [-0.2, -0.15) is 5.10 Å². The van der Waals surface area contributed by atoms with Crippen molar-refractivity contribution in [2.24, 2.45) is 0 Å². The molecular weight excluding hydrogens is 309 g/mol. The molecule has 1 saturated carbocycles. The molecule has 4 nitrogen and oxygen atoms in total. The summed E-state index contributed by atoms with van der Waals surface area (Å²) in [5, 5.41) is 14.9. The Balaban J connectivity index is 1.99. The Labute approximate surface area is 128 Å². The summed E-state index contributed by atoms with van der Waals surface area (Å²) >= 11 is 18.4. The molecule has 1 heterocycles. The second-order valence-electron chi connectivity index (χ2n) is 5.51. The van der Waals surface area contributed by atoms with Gasteiger partial charge in [0, 0.05) is 0 Å². The van der Waals surface area contributed by atoms with Crippen LogP contribution in [0.1, 0.15) is 39.0 Å². The molecule has 2 rings (SSSR count). The van der Waals surface area contributed by atoms with Crippen molar-refractivity contribution in [3.05, 3.63) is 12.7 Å². The highest BCUT2D eigenvalue weighted by Gasteiger charge is 2.57. The van der Waals surface area contributed by atoms with Gasteiger partial charge in [-0.05, 0) is 39.0 Å². The minimum absolute atomic E-state index is 0.345. The van der Waals surface area contributed by atoms with E-state index in [1.54, 1.807) is 17.9 Å². The summed E-state index contributed by atoms with van der Waals surface area (Å²) in [6.07, 6.45) is 6.54. The summed E-state index contributed by atoms with van der Waals surface area (Å²) in [4.78, 5) is 3.34. The molecule has 0 aliphatic heterocycles. The topological polar surface area (TPSA) is 50.9 Å². The van der Waals surface area contributed by atoms with Crippen LogP contribution in [0.25, 0.3) is 0 Å². The molecule has 7 heteroatoms. The molecule has 1 aliphatic rings. The fraction of sp³-hybridized carbons (Fsp3) is 0.833. The molecule has 0 amide bonds. The molecule has 19 heavy (non-hydrogen) atoms. The van der Waals surface area contributed by atoms with Crippen molar-refractivity contribution in [2.45, 2.75) is 60.4 Å². The van der Waals surface area contributed by atoms with Crippen molar-refractivity contribution in [1.29, 1.82) is 0 Å². The van der Waals surface area contributed by atoms with E-state index in [4.69, 9.17) is 34.8 Å². The first-order valence-electron chi connectivity index (χ1n) is 6.36. The molecule has 1 aliphatic carbocycles. The Bertz CT molecular complexity index is 414. The standard InChI is InChI=1S/C12H18Cl3N3O/c1-10(13,14)3-2-4-12(19,11(15)5-6-11)7-18-9-16-8-17-18/h8-9,19H,2-7H2,1H3/t12-/m1/s1. The lowest BCUT2D eigenvalue weighted by molar-refractivity contribution is -0.00299. The van der Waals surface area contributed by atoms with E-state index in [9.17, 15) is 5.11 Å². The second-order valence-corrected chi connectivity index (χ2v) is 8.10. The maximum Gasteiger partial charge on any atom is 0.137 e. The Morgan fingerprint density at radius 2 is 2.05 bits per heavy atom. The number of aliphatic hydroxyl groups is 1. The van der Waals surface area contributed by atoms with Crippen LogP contribution in [0.5, 0.6) is 0 Å². The molecule has 108 valence electrons. The van der Waals surface area contributed by atoms with E-state index in [0.29, 0.717) is 25.8 Å². The summed E-state index contributed by atoms with van der Waals surface area (Å²) in [6.45, 7) is 2.10. The minimum Gasteiger partial charge on any atom is -0.386 e. The van der Waals surface area contributed by atoms with Gasteiger partial charge in [0.1, 0.15) is 22.6 Å². The normalized spacial score (nSPS) is 21.1. The SMILES string of the molecule is CC(Cl)(Cl)CCC[C@@](O)(Cn1cncn1)C1(Cl)CC1. The molecule has 1 N–H and O–H groups in total. The van der Waals surface area contributed by atoms with Gasteiger partial charge in [0.05, 0.1) is 11.4 Å². The summed E-state index contributed by atoms with van der Waals surface area (Å²) in [7, 11) is 0. The predicted octanol–water partition coefficient (Wildman–Crippen LogP) is 3.14. The third kappa shape index (κ3) is 3.97. The van der Waals surface area contributed by atoms with Gasteiger partial charge in [-0.3, -0.25) is 4.68 Å². The third-order valence-corrected chi connectivity index (χ3v) is 4.73. The first-order chi connectivity index (χ1) is 8.74. The van der Waals surface area contributed by atoms with E-state index in [0.717, 1.165) is 12.8 Å². The zero-order valence-corrected chi connectivity index (χ0v) is 13.1. The Morgan fingerprint density at radius 3 is 2.53 bits per heavy atom. The molecule has 1 aromatic rings. The van der Waals surface area contributed by atoms with Gasteiger partial charge in [0.25, 0.3) is 0 Å². The highest BCUT2D eigenvalue weighted by molar-refractivity contribution is 6.48. The summed E-state index contributed by atoms with van der Waals surface area (Å²) in [6, 6.07) is 0. The molecule has 0 bridgehead atoms. The largest absolute Gasteiger partial charge is 0.386 e. The lowest BCUT2D eigenvalue weighted by Crippen LogP contribution is -2.45. The smallest absolute Gasteiger partial charge is 0.137 e. The van der Waals surface area contributed by atoms with Crippen LogP contribution in [0.15, 0.2) is 12.7 Å². The van der Waals surface area contributed by atoms with Crippen LogP contribution in [-0.4, -0.2) is 34.7 Å². The average molecular weight is 327 g/mol. The Hall–Kier alpha value is -0.0300.